The number of alkyl halides is 3. The maximum absolute atomic E-state index is 12.4. The van der Waals surface area contributed by atoms with E-state index < -0.39 is 32.4 Å². The summed E-state index contributed by atoms with van der Waals surface area (Å²) in [6.07, 6.45) is 0.254. The molecule has 0 amide bonds. The Kier molecular flexibility index (Phi) is 7.93. The van der Waals surface area contributed by atoms with Crippen LogP contribution in [0, 0.1) is 0 Å². The number of aliphatic imine (C=N–C) groups is 1. The highest BCUT2D eigenvalue weighted by atomic mass is 80.0. The number of carbonyl (C=O) groups excluding carboxylic acids is 1. The number of aliphatic hydroxyl groups is 1. The van der Waals surface area contributed by atoms with Crippen molar-refractivity contribution >= 4 is 65.6 Å². The molecule has 3 rings (SSSR count). The maximum Gasteiger partial charge on any atom is 0.508 e. The second-order valence-electron chi connectivity index (χ2n) is 6.93. The molecule has 1 aromatic heterocycles. The lowest BCUT2D eigenvalue weighted by Gasteiger charge is -2.17. The summed E-state index contributed by atoms with van der Waals surface area (Å²) in [4.78, 5) is 34.5. The number of likely N-dealkylation sites (tertiary alicyclic amines) is 1. The van der Waals surface area contributed by atoms with E-state index in [4.69, 9.17) is 14.2 Å². The van der Waals surface area contributed by atoms with Crippen LogP contribution in [0.15, 0.2) is 22.1 Å². The summed E-state index contributed by atoms with van der Waals surface area (Å²) in [7, 11) is 1.95. The molecule has 0 aliphatic carbocycles. The van der Waals surface area contributed by atoms with Crippen LogP contribution in [0.2, 0.25) is 0 Å². The highest BCUT2D eigenvalue weighted by Gasteiger charge is 2.36. The Balaban J connectivity index is 1.57. The van der Waals surface area contributed by atoms with E-state index in [1.165, 1.54) is 4.57 Å². The molecule has 2 fully saturated rings. The van der Waals surface area contributed by atoms with Gasteiger partial charge in [-0.2, -0.15) is 4.98 Å². The molecule has 3 atom stereocenters. The minimum Gasteiger partial charge on any atom is -0.431 e. The fourth-order valence-electron chi connectivity index (χ4n) is 3.12. The van der Waals surface area contributed by atoms with Gasteiger partial charge in [-0.1, -0.05) is 47.8 Å². The first-order chi connectivity index (χ1) is 14.1. The van der Waals surface area contributed by atoms with Crippen molar-refractivity contribution in [2.45, 2.75) is 39.8 Å². The van der Waals surface area contributed by atoms with E-state index in [1.54, 1.807) is 12.3 Å². The summed E-state index contributed by atoms with van der Waals surface area (Å²) in [6, 6.07) is 1.63. The highest BCUT2D eigenvalue weighted by Crippen LogP contribution is 2.33. The lowest BCUT2D eigenvalue weighted by atomic mass is 10.2. The molecule has 0 aromatic carbocycles. The SMILES string of the molecule is CN1CCCC1=Nc1ccn([C@H]2C[C@H](O)[C@@H](COC(=O)OCC(Br)(Br)Br)O2)c(=O)n1. The Morgan fingerprint density at radius 2 is 2.20 bits per heavy atom. The van der Waals surface area contributed by atoms with E-state index in [2.05, 4.69) is 57.8 Å². The van der Waals surface area contributed by atoms with Crippen molar-refractivity contribution in [1.82, 2.24) is 14.5 Å². The Hall–Kier alpha value is -1.02. The number of nitrogens with zero attached hydrogens (tertiary/aromatic N) is 4. The van der Waals surface area contributed by atoms with Gasteiger partial charge in [0, 0.05) is 32.6 Å². The Morgan fingerprint density at radius 1 is 1.43 bits per heavy atom. The van der Waals surface area contributed by atoms with Crippen molar-refractivity contribution in [3.05, 3.63) is 22.7 Å². The smallest absolute Gasteiger partial charge is 0.431 e. The number of hydrogen-bond donors (Lipinski definition) is 1. The monoisotopic (exact) mass is 614 g/mol. The summed E-state index contributed by atoms with van der Waals surface area (Å²) < 4.78 is 16.1. The van der Waals surface area contributed by atoms with E-state index in [0.29, 0.717) is 5.82 Å². The van der Waals surface area contributed by atoms with Crippen molar-refractivity contribution in [3.8, 4) is 0 Å². The number of halogens is 3. The van der Waals surface area contributed by atoms with Crippen LogP contribution >= 0.6 is 47.8 Å². The third-order valence-corrected chi connectivity index (χ3v) is 5.31. The van der Waals surface area contributed by atoms with Gasteiger partial charge in [0.25, 0.3) is 0 Å². The molecular weight excluding hydrogens is 596 g/mol. The number of aliphatic hydroxyl groups excluding tert-OH is 1. The number of hydrogen-bond acceptors (Lipinski definition) is 8. The molecule has 166 valence electrons. The molecule has 2 aliphatic heterocycles. The molecule has 0 unspecified atom stereocenters. The fraction of sp³-hybridized carbons (Fsp3) is 0.647. The summed E-state index contributed by atoms with van der Waals surface area (Å²) in [6.45, 7) is 0.691. The number of ether oxygens (including phenoxy) is 3. The number of amidine groups is 1. The van der Waals surface area contributed by atoms with Crippen molar-refractivity contribution in [2.75, 3.05) is 26.8 Å². The second kappa shape index (κ2) is 10.1. The molecule has 30 heavy (non-hydrogen) atoms. The Labute approximate surface area is 198 Å². The van der Waals surface area contributed by atoms with E-state index in [9.17, 15) is 14.7 Å². The van der Waals surface area contributed by atoms with Gasteiger partial charge < -0.3 is 24.2 Å². The molecule has 13 heteroatoms. The number of rotatable bonds is 5. The van der Waals surface area contributed by atoms with Gasteiger partial charge in [0.05, 0.1) is 6.10 Å². The molecule has 2 saturated heterocycles. The molecule has 1 N–H and O–H groups in total. The van der Waals surface area contributed by atoms with Crippen LogP contribution in [-0.2, 0) is 14.2 Å². The first-order valence-corrected chi connectivity index (χ1v) is 11.6. The summed E-state index contributed by atoms with van der Waals surface area (Å²) in [5.41, 5.74) is -0.529. The zero-order valence-corrected chi connectivity index (χ0v) is 20.8. The lowest BCUT2D eigenvalue weighted by Crippen LogP contribution is -2.29. The van der Waals surface area contributed by atoms with E-state index in [1.807, 2.05) is 11.9 Å². The Bertz CT molecular complexity index is 859. The van der Waals surface area contributed by atoms with Crippen LogP contribution in [0.25, 0.3) is 0 Å². The largest absolute Gasteiger partial charge is 0.508 e. The molecule has 10 nitrogen and oxygen atoms in total. The number of aromatic nitrogens is 2. The van der Waals surface area contributed by atoms with Crippen LogP contribution in [-0.4, -0.2) is 72.7 Å². The number of carbonyl (C=O) groups is 1. The first kappa shape index (κ1) is 23.6. The average Bonchev–Trinajstić information content (AvgIpc) is 3.23. The normalized spacial score (nSPS) is 25.7. The molecule has 2 aliphatic rings. The molecular formula is C17H21Br3N4O6. The summed E-state index contributed by atoms with van der Waals surface area (Å²) >= 11 is 9.58. The molecule has 1 aromatic rings. The average molecular weight is 617 g/mol. The van der Waals surface area contributed by atoms with E-state index in [-0.39, 0.29) is 19.6 Å². The third kappa shape index (κ3) is 6.49. The molecule has 0 radical (unpaired) electrons. The van der Waals surface area contributed by atoms with Gasteiger partial charge in [0.1, 0.15) is 31.4 Å². The molecule has 0 bridgehead atoms. The van der Waals surface area contributed by atoms with Crippen molar-refractivity contribution in [3.63, 3.8) is 0 Å². The first-order valence-electron chi connectivity index (χ1n) is 9.20. The van der Waals surface area contributed by atoms with Crippen LogP contribution in [0.4, 0.5) is 10.6 Å². The van der Waals surface area contributed by atoms with Gasteiger partial charge in [-0.3, -0.25) is 4.57 Å². The van der Waals surface area contributed by atoms with Gasteiger partial charge in [0.2, 0.25) is 0 Å². The van der Waals surface area contributed by atoms with Crippen molar-refractivity contribution in [1.29, 1.82) is 0 Å². The van der Waals surface area contributed by atoms with Gasteiger partial charge in [-0.15, -0.1) is 0 Å². The van der Waals surface area contributed by atoms with Crippen LogP contribution in [0.5, 0.6) is 0 Å². The topological polar surface area (TPSA) is 115 Å². The summed E-state index contributed by atoms with van der Waals surface area (Å²) in [5, 5.41) is 10.2. The minimum atomic E-state index is -0.913. The highest BCUT2D eigenvalue weighted by molar-refractivity contribution is 9.39. The zero-order chi connectivity index (χ0) is 21.9. The predicted octanol–water partition coefficient (Wildman–Crippen LogP) is 2.64. The van der Waals surface area contributed by atoms with Crippen molar-refractivity contribution in [2.24, 2.45) is 4.99 Å². The molecule has 0 spiro atoms. The third-order valence-electron chi connectivity index (χ3n) is 4.63. The van der Waals surface area contributed by atoms with Crippen LogP contribution in [0.3, 0.4) is 0 Å². The van der Waals surface area contributed by atoms with Crippen LogP contribution < -0.4 is 5.69 Å². The molecule has 0 saturated carbocycles. The lowest BCUT2D eigenvalue weighted by molar-refractivity contribution is -0.0583. The van der Waals surface area contributed by atoms with Gasteiger partial charge in [-0.05, 0) is 12.5 Å². The van der Waals surface area contributed by atoms with Crippen molar-refractivity contribution < 1.29 is 24.1 Å². The quantitative estimate of drug-likeness (QED) is 0.397. The zero-order valence-electron chi connectivity index (χ0n) is 16.0. The minimum absolute atomic E-state index is 0.0318. The maximum atomic E-state index is 12.4. The molecule has 3 heterocycles. The standard InChI is InChI=1S/C17H21Br3N4O6/c1-23-5-2-3-13(23)21-12-4-6-24(15(26)22-12)14-7-10(25)11(30-14)8-28-16(27)29-9-17(18,19)20/h4,6,10-11,14,25H,2-3,5,7-9H2,1H3/t10-,11+,14+/m0/s1. The van der Waals surface area contributed by atoms with Gasteiger partial charge in [0.15, 0.2) is 7.96 Å². The van der Waals surface area contributed by atoms with E-state index >= 15 is 0 Å². The van der Waals surface area contributed by atoms with Gasteiger partial charge in [-0.25, -0.2) is 14.6 Å². The van der Waals surface area contributed by atoms with E-state index in [0.717, 1.165) is 25.2 Å². The second-order valence-corrected chi connectivity index (χ2v) is 14.2. The van der Waals surface area contributed by atoms with Gasteiger partial charge >= 0.3 is 11.8 Å². The fourth-order valence-corrected chi connectivity index (χ4v) is 3.46. The Morgan fingerprint density at radius 3 is 2.83 bits per heavy atom. The summed E-state index contributed by atoms with van der Waals surface area (Å²) in [5.74, 6) is 1.23. The van der Waals surface area contributed by atoms with Crippen LogP contribution in [0.1, 0.15) is 25.5 Å². The predicted molar refractivity (Wildman–Crippen MR) is 119 cm³/mol.